The van der Waals surface area contributed by atoms with Crippen LogP contribution < -0.4 is 5.48 Å². The van der Waals surface area contributed by atoms with Gasteiger partial charge < -0.3 is 4.74 Å². The van der Waals surface area contributed by atoms with Gasteiger partial charge in [-0.1, -0.05) is 13.3 Å². The first kappa shape index (κ1) is 12.2. The van der Waals surface area contributed by atoms with Crippen molar-refractivity contribution < 1.29 is 14.4 Å². The van der Waals surface area contributed by atoms with Crippen molar-refractivity contribution in [2.45, 2.75) is 46.1 Å². The lowest BCUT2D eigenvalue weighted by Gasteiger charge is -2.24. The number of hydrogen-bond donors (Lipinski definition) is 1. The van der Waals surface area contributed by atoms with Crippen LogP contribution in [0, 0.1) is 0 Å². The molecule has 13 heavy (non-hydrogen) atoms. The lowest BCUT2D eigenvalue weighted by atomic mass is 10.0. The summed E-state index contributed by atoms with van der Waals surface area (Å²) in [5, 5.41) is 0. The number of amides is 1. The van der Waals surface area contributed by atoms with Gasteiger partial charge in [-0.2, -0.15) is 5.48 Å². The van der Waals surface area contributed by atoms with Crippen molar-refractivity contribution in [3.63, 3.8) is 0 Å². The summed E-state index contributed by atoms with van der Waals surface area (Å²) in [6.07, 6.45) is 1.29. The molecule has 0 saturated carbocycles. The van der Waals surface area contributed by atoms with Gasteiger partial charge in [-0.05, 0) is 27.2 Å². The van der Waals surface area contributed by atoms with E-state index in [-0.39, 0.29) is 0 Å². The molecule has 0 rings (SSSR count). The van der Waals surface area contributed by atoms with Gasteiger partial charge in [-0.15, -0.1) is 0 Å². The Labute approximate surface area is 79.6 Å². The number of carbonyl (C=O) groups excluding carboxylic acids is 1. The Morgan fingerprint density at radius 2 is 2.00 bits per heavy atom. The number of rotatable bonds is 5. The molecule has 0 spiro atoms. The lowest BCUT2D eigenvalue weighted by Crippen LogP contribution is -2.34. The van der Waals surface area contributed by atoms with Gasteiger partial charge in [0.2, 0.25) is 0 Å². The summed E-state index contributed by atoms with van der Waals surface area (Å²) in [6, 6.07) is 0. The second kappa shape index (κ2) is 5.80. The summed E-state index contributed by atoms with van der Waals surface area (Å²) >= 11 is 0. The molecule has 78 valence electrons. The van der Waals surface area contributed by atoms with Crippen LogP contribution in [-0.4, -0.2) is 18.3 Å². The van der Waals surface area contributed by atoms with E-state index in [1.54, 1.807) is 6.92 Å². The van der Waals surface area contributed by atoms with Gasteiger partial charge in [-0.3, -0.25) is 4.84 Å². The van der Waals surface area contributed by atoms with Crippen molar-refractivity contribution in [2.75, 3.05) is 6.61 Å². The molecule has 0 heterocycles. The Kier molecular flexibility index (Phi) is 5.46. The van der Waals surface area contributed by atoms with Crippen molar-refractivity contribution in [3.05, 3.63) is 0 Å². The Morgan fingerprint density at radius 1 is 1.38 bits per heavy atom. The number of carbonyl (C=O) groups is 1. The molecule has 0 aliphatic rings. The molecule has 1 N–H and O–H groups in total. The number of nitrogens with one attached hydrogen (secondary N) is 1. The number of hydrogen-bond acceptors (Lipinski definition) is 3. The fourth-order valence-electron chi connectivity index (χ4n) is 1.06. The van der Waals surface area contributed by atoms with Crippen LogP contribution in [0.2, 0.25) is 0 Å². The van der Waals surface area contributed by atoms with E-state index in [1.165, 1.54) is 0 Å². The average molecular weight is 189 g/mol. The van der Waals surface area contributed by atoms with Gasteiger partial charge in [0.1, 0.15) is 5.60 Å². The summed E-state index contributed by atoms with van der Waals surface area (Å²) in [4.78, 5) is 15.7. The minimum absolute atomic E-state index is 0.421. The molecule has 0 aromatic heterocycles. The highest BCUT2D eigenvalue weighted by molar-refractivity contribution is 5.66. The van der Waals surface area contributed by atoms with Crippen LogP contribution in [0.15, 0.2) is 0 Å². The molecular weight excluding hydrogens is 170 g/mol. The number of ether oxygens (including phenoxy) is 1. The molecule has 0 fully saturated rings. The van der Waals surface area contributed by atoms with Crippen LogP contribution in [0.1, 0.15) is 40.5 Å². The minimum Gasteiger partial charge on any atom is -0.442 e. The van der Waals surface area contributed by atoms with E-state index < -0.39 is 11.7 Å². The van der Waals surface area contributed by atoms with E-state index in [9.17, 15) is 4.79 Å². The Hall–Kier alpha value is -0.770. The zero-order valence-corrected chi connectivity index (χ0v) is 8.85. The summed E-state index contributed by atoms with van der Waals surface area (Å²) in [5.41, 5.74) is 1.76. The minimum atomic E-state index is -0.527. The molecule has 0 aliphatic heterocycles. The van der Waals surface area contributed by atoms with E-state index in [0.717, 1.165) is 12.8 Å². The summed E-state index contributed by atoms with van der Waals surface area (Å²) in [7, 11) is 0. The maximum atomic E-state index is 11.0. The summed E-state index contributed by atoms with van der Waals surface area (Å²) in [5.74, 6) is 0. The molecule has 0 aliphatic carbocycles. The van der Waals surface area contributed by atoms with E-state index in [0.29, 0.717) is 6.61 Å². The van der Waals surface area contributed by atoms with Gasteiger partial charge in [0, 0.05) is 0 Å². The first-order valence-corrected chi connectivity index (χ1v) is 4.62. The molecule has 4 heteroatoms. The third kappa shape index (κ3) is 6.40. The summed E-state index contributed by atoms with van der Waals surface area (Å²) in [6.45, 7) is 8.02. The van der Waals surface area contributed by atoms with Crippen LogP contribution >= 0.6 is 0 Å². The fourth-order valence-corrected chi connectivity index (χ4v) is 1.06. The highest BCUT2D eigenvalue weighted by atomic mass is 16.7. The smallest absolute Gasteiger partial charge is 0.431 e. The predicted octanol–water partition coefficient (Wildman–Crippen LogP) is 2.24. The normalized spacial score (nSPS) is 11.1. The van der Waals surface area contributed by atoms with Crippen LogP contribution in [0.3, 0.4) is 0 Å². The second-order valence-corrected chi connectivity index (χ2v) is 3.43. The van der Waals surface area contributed by atoms with Crippen molar-refractivity contribution >= 4 is 6.09 Å². The highest BCUT2D eigenvalue weighted by Gasteiger charge is 2.21. The van der Waals surface area contributed by atoms with Gasteiger partial charge in [-0.25, -0.2) is 4.79 Å². The topological polar surface area (TPSA) is 47.6 Å². The van der Waals surface area contributed by atoms with Crippen LogP contribution in [0.5, 0.6) is 0 Å². The molecule has 0 saturated heterocycles. The summed E-state index contributed by atoms with van der Waals surface area (Å²) < 4.78 is 5.11. The van der Waals surface area contributed by atoms with Gasteiger partial charge >= 0.3 is 6.09 Å². The molecule has 0 unspecified atom stereocenters. The molecule has 0 bridgehead atoms. The standard InChI is InChI=1S/C9H19NO3/c1-5-7-9(3,4)13-8(11)10-12-6-2/h5-7H2,1-4H3,(H,10,11). The second-order valence-electron chi connectivity index (χ2n) is 3.43. The molecule has 0 atom stereocenters. The average Bonchev–Trinajstić information content (AvgIpc) is 1.99. The Bertz CT molecular complexity index is 157. The van der Waals surface area contributed by atoms with E-state index >= 15 is 0 Å². The van der Waals surface area contributed by atoms with Crippen molar-refractivity contribution in [1.82, 2.24) is 5.48 Å². The monoisotopic (exact) mass is 189 g/mol. The Morgan fingerprint density at radius 3 is 2.46 bits per heavy atom. The molecule has 4 nitrogen and oxygen atoms in total. The van der Waals surface area contributed by atoms with Crippen molar-refractivity contribution in [3.8, 4) is 0 Å². The zero-order valence-electron chi connectivity index (χ0n) is 8.85. The van der Waals surface area contributed by atoms with E-state index in [1.807, 2.05) is 20.8 Å². The van der Waals surface area contributed by atoms with Crippen molar-refractivity contribution in [2.24, 2.45) is 0 Å². The lowest BCUT2D eigenvalue weighted by molar-refractivity contribution is -0.0146. The van der Waals surface area contributed by atoms with Crippen LogP contribution in [0.4, 0.5) is 4.79 Å². The SMILES string of the molecule is CCCC(C)(C)OC(=O)NOCC. The molecule has 1 amide bonds. The number of hydroxylamine groups is 1. The Balaban J connectivity index is 3.75. The molecule has 0 radical (unpaired) electrons. The molecule has 0 aromatic carbocycles. The van der Waals surface area contributed by atoms with Gasteiger partial charge in [0.25, 0.3) is 0 Å². The van der Waals surface area contributed by atoms with Crippen molar-refractivity contribution in [1.29, 1.82) is 0 Å². The third-order valence-corrected chi connectivity index (χ3v) is 1.52. The van der Waals surface area contributed by atoms with Gasteiger partial charge in [0.15, 0.2) is 0 Å². The molecular formula is C9H19NO3. The predicted molar refractivity (Wildman–Crippen MR) is 50.2 cm³/mol. The third-order valence-electron chi connectivity index (χ3n) is 1.52. The van der Waals surface area contributed by atoms with E-state index in [2.05, 4.69) is 5.48 Å². The quantitative estimate of drug-likeness (QED) is 0.675. The molecule has 0 aromatic rings. The first-order valence-electron chi connectivity index (χ1n) is 4.62. The fraction of sp³-hybridized carbons (Fsp3) is 0.889. The van der Waals surface area contributed by atoms with Crippen LogP contribution in [0.25, 0.3) is 0 Å². The maximum Gasteiger partial charge on any atom is 0.431 e. The first-order chi connectivity index (χ1) is 6.02. The van der Waals surface area contributed by atoms with Crippen LogP contribution in [-0.2, 0) is 9.57 Å². The highest BCUT2D eigenvalue weighted by Crippen LogP contribution is 2.16. The van der Waals surface area contributed by atoms with Gasteiger partial charge in [0.05, 0.1) is 6.61 Å². The maximum absolute atomic E-state index is 11.0. The largest absolute Gasteiger partial charge is 0.442 e. The zero-order chi connectivity index (χ0) is 10.3. The van der Waals surface area contributed by atoms with E-state index in [4.69, 9.17) is 9.57 Å².